The maximum absolute atomic E-state index is 12.7. The minimum absolute atomic E-state index is 0.0152. The van der Waals surface area contributed by atoms with E-state index in [9.17, 15) is 19.5 Å². The van der Waals surface area contributed by atoms with Gasteiger partial charge in [-0.3, -0.25) is 9.59 Å². The molecule has 1 rings (SSSR count). The van der Waals surface area contributed by atoms with E-state index in [1.165, 1.54) is 20.0 Å². The highest BCUT2D eigenvalue weighted by Gasteiger charge is 2.29. The summed E-state index contributed by atoms with van der Waals surface area (Å²) in [6, 6.07) is -1.10. The minimum Gasteiger partial charge on any atom is -0.480 e. The molecule has 1 aromatic heterocycles. The lowest BCUT2D eigenvalue weighted by Gasteiger charge is -2.26. The highest BCUT2D eigenvalue weighted by Crippen LogP contribution is 2.19. The summed E-state index contributed by atoms with van der Waals surface area (Å²) in [5, 5.41) is 11.8. The van der Waals surface area contributed by atoms with E-state index >= 15 is 0 Å². The van der Waals surface area contributed by atoms with E-state index in [2.05, 4.69) is 15.3 Å². The highest BCUT2D eigenvalue weighted by molar-refractivity contribution is 6.33. The molecule has 2 N–H and O–H groups in total. The summed E-state index contributed by atoms with van der Waals surface area (Å²) < 4.78 is 0. The third-order valence-corrected chi connectivity index (χ3v) is 3.57. The normalized spacial score (nSPS) is 11.9. The van der Waals surface area contributed by atoms with Crippen LogP contribution in [0.15, 0.2) is 6.20 Å². The standard InChI is InChI=1S/C15H21ClN4O4/c1-8(2)13-18-7-11(16)12(19-13)14(22)20(9(3)15(23)24)6-5-17-10(4)21/h7-9H,5-6H2,1-4H3,(H,17,21)(H,23,24). The fraction of sp³-hybridized carbons (Fsp3) is 0.533. The van der Waals surface area contributed by atoms with Crippen molar-refractivity contribution in [3.05, 3.63) is 22.7 Å². The molecule has 24 heavy (non-hydrogen) atoms. The number of aromatic nitrogens is 2. The Morgan fingerprint density at radius 3 is 2.46 bits per heavy atom. The zero-order chi connectivity index (χ0) is 18.4. The molecule has 1 atom stereocenters. The fourth-order valence-electron chi connectivity index (χ4n) is 1.90. The van der Waals surface area contributed by atoms with Gasteiger partial charge in [0.05, 0.1) is 11.2 Å². The van der Waals surface area contributed by atoms with Gasteiger partial charge >= 0.3 is 5.97 Å². The first-order chi connectivity index (χ1) is 11.1. The van der Waals surface area contributed by atoms with E-state index in [1.807, 2.05) is 13.8 Å². The Kier molecular flexibility index (Phi) is 7.09. The molecule has 0 aliphatic rings. The number of rotatable bonds is 7. The topological polar surface area (TPSA) is 112 Å². The number of halogens is 1. The second-order valence-electron chi connectivity index (χ2n) is 5.58. The van der Waals surface area contributed by atoms with E-state index in [-0.39, 0.29) is 35.6 Å². The van der Waals surface area contributed by atoms with Crippen LogP contribution in [0.5, 0.6) is 0 Å². The first kappa shape index (κ1) is 19.8. The van der Waals surface area contributed by atoms with Crippen LogP contribution in [0.2, 0.25) is 5.02 Å². The number of carbonyl (C=O) groups is 3. The van der Waals surface area contributed by atoms with Gasteiger partial charge in [0.25, 0.3) is 5.91 Å². The molecule has 8 nitrogen and oxygen atoms in total. The second kappa shape index (κ2) is 8.58. The number of hydrogen-bond acceptors (Lipinski definition) is 5. The quantitative estimate of drug-likeness (QED) is 0.761. The number of carbonyl (C=O) groups excluding carboxylic acids is 2. The summed E-state index contributed by atoms with van der Waals surface area (Å²) in [5.41, 5.74) is -0.0497. The first-order valence-corrected chi connectivity index (χ1v) is 7.83. The molecule has 1 heterocycles. The molecule has 0 bridgehead atoms. The van der Waals surface area contributed by atoms with Gasteiger partial charge in [-0.05, 0) is 6.92 Å². The predicted molar refractivity (Wildman–Crippen MR) is 87.9 cm³/mol. The van der Waals surface area contributed by atoms with E-state index in [1.54, 1.807) is 0 Å². The Morgan fingerprint density at radius 2 is 1.96 bits per heavy atom. The lowest BCUT2D eigenvalue weighted by atomic mass is 10.2. The van der Waals surface area contributed by atoms with E-state index < -0.39 is 17.9 Å². The largest absolute Gasteiger partial charge is 0.480 e. The average molecular weight is 357 g/mol. The Hall–Kier alpha value is -2.22. The van der Waals surface area contributed by atoms with Crippen molar-refractivity contribution < 1.29 is 19.5 Å². The van der Waals surface area contributed by atoms with E-state index in [0.717, 1.165) is 4.90 Å². The smallest absolute Gasteiger partial charge is 0.326 e. The lowest BCUT2D eigenvalue weighted by Crippen LogP contribution is -2.47. The third-order valence-electron chi connectivity index (χ3n) is 3.29. The predicted octanol–water partition coefficient (Wildman–Crippen LogP) is 1.30. The number of carboxylic acids is 1. The molecule has 0 spiro atoms. The van der Waals surface area contributed by atoms with Crippen molar-refractivity contribution in [1.29, 1.82) is 0 Å². The highest BCUT2D eigenvalue weighted by atomic mass is 35.5. The van der Waals surface area contributed by atoms with Crippen LogP contribution in [-0.4, -0.2) is 56.9 Å². The molecule has 0 aliphatic carbocycles. The SMILES string of the molecule is CC(=O)NCCN(C(=O)c1nc(C(C)C)ncc1Cl)C(C)C(=O)O. The zero-order valence-corrected chi connectivity index (χ0v) is 14.8. The molecule has 1 aromatic rings. The molecule has 0 fully saturated rings. The second-order valence-corrected chi connectivity index (χ2v) is 5.98. The number of nitrogens with zero attached hydrogens (tertiary/aromatic N) is 3. The van der Waals surface area contributed by atoms with Crippen molar-refractivity contribution in [3.8, 4) is 0 Å². The lowest BCUT2D eigenvalue weighted by molar-refractivity contribution is -0.141. The van der Waals surface area contributed by atoms with Crippen molar-refractivity contribution in [2.45, 2.75) is 39.7 Å². The molecule has 0 aromatic carbocycles. The van der Waals surface area contributed by atoms with E-state index in [0.29, 0.717) is 5.82 Å². The van der Waals surface area contributed by atoms with Gasteiger partial charge in [-0.25, -0.2) is 14.8 Å². The number of aliphatic carboxylic acids is 1. The van der Waals surface area contributed by atoms with Crippen LogP contribution in [0.3, 0.4) is 0 Å². The van der Waals surface area contributed by atoms with Crippen molar-refractivity contribution in [2.24, 2.45) is 0 Å². The fourth-order valence-corrected chi connectivity index (χ4v) is 2.07. The number of amides is 2. The van der Waals surface area contributed by atoms with Crippen molar-refractivity contribution in [3.63, 3.8) is 0 Å². The molecule has 132 valence electrons. The van der Waals surface area contributed by atoms with Crippen LogP contribution in [0.1, 0.15) is 49.9 Å². The zero-order valence-electron chi connectivity index (χ0n) is 14.0. The molecule has 1 unspecified atom stereocenters. The molecule has 0 saturated heterocycles. The summed E-state index contributed by atoms with van der Waals surface area (Å²) in [7, 11) is 0. The Bertz CT molecular complexity index is 636. The molecule has 0 radical (unpaired) electrons. The molecule has 9 heteroatoms. The van der Waals surface area contributed by atoms with E-state index in [4.69, 9.17) is 11.6 Å². The molecule has 2 amide bonds. The van der Waals surface area contributed by atoms with Crippen LogP contribution < -0.4 is 5.32 Å². The first-order valence-electron chi connectivity index (χ1n) is 7.45. The van der Waals surface area contributed by atoms with Gasteiger partial charge in [0.2, 0.25) is 5.91 Å². The molecular formula is C15H21ClN4O4. The van der Waals surface area contributed by atoms with Crippen LogP contribution in [-0.2, 0) is 9.59 Å². The van der Waals surface area contributed by atoms with Crippen LogP contribution in [0, 0.1) is 0 Å². The average Bonchev–Trinajstić information content (AvgIpc) is 2.50. The number of carboxylic acid groups (broad SMARTS) is 1. The molecular weight excluding hydrogens is 336 g/mol. The van der Waals surface area contributed by atoms with Gasteiger partial charge in [0, 0.05) is 25.9 Å². The summed E-state index contributed by atoms with van der Waals surface area (Å²) in [6.45, 7) is 6.59. The summed E-state index contributed by atoms with van der Waals surface area (Å²) in [6.07, 6.45) is 1.33. The summed E-state index contributed by atoms with van der Waals surface area (Å²) in [4.78, 5) is 44.3. The Labute approximate surface area is 145 Å². The van der Waals surface area contributed by atoms with Crippen LogP contribution in [0.4, 0.5) is 0 Å². The van der Waals surface area contributed by atoms with Crippen molar-refractivity contribution in [2.75, 3.05) is 13.1 Å². The van der Waals surface area contributed by atoms with Crippen molar-refractivity contribution >= 4 is 29.4 Å². The van der Waals surface area contributed by atoms with Crippen molar-refractivity contribution in [1.82, 2.24) is 20.2 Å². The maximum atomic E-state index is 12.7. The minimum atomic E-state index is -1.17. The van der Waals surface area contributed by atoms with Gasteiger partial charge in [-0.2, -0.15) is 0 Å². The number of hydrogen-bond donors (Lipinski definition) is 2. The molecule has 0 aliphatic heterocycles. The number of nitrogens with one attached hydrogen (secondary N) is 1. The van der Waals surface area contributed by atoms with Gasteiger partial charge in [0.15, 0.2) is 5.69 Å². The Morgan fingerprint density at radius 1 is 1.33 bits per heavy atom. The third kappa shape index (κ3) is 5.16. The van der Waals surface area contributed by atoms with Gasteiger partial charge in [-0.1, -0.05) is 25.4 Å². The maximum Gasteiger partial charge on any atom is 0.326 e. The molecule has 0 saturated carbocycles. The Balaban J connectivity index is 3.12. The summed E-state index contributed by atoms with van der Waals surface area (Å²) in [5.74, 6) is -1.64. The van der Waals surface area contributed by atoms with Crippen LogP contribution in [0.25, 0.3) is 0 Å². The van der Waals surface area contributed by atoms with Gasteiger partial charge in [-0.15, -0.1) is 0 Å². The van der Waals surface area contributed by atoms with Gasteiger partial charge in [0.1, 0.15) is 11.9 Å². The monoisotopic (exact) mass is 356 g/mol. The summed E-state index contributed by atoms with van der Waals surface area (Å²) >= 11 is 6.02. The van der Waals surface area contributed by atoms with Crippen LogP contribution >= 0.6 is 11.6 Å². The van der Waals surface area contributed by atoms with Gasteiger partial charge < -0.3 is 15.3 Å².